The van der Waals surface area contributed by atoms with Crippen LogP contribution in [0.25, 0.3) is 0 Å². The second-order valence-corrected chi connectivity index (χ2v) is 4.47. The van der Waals surface area contributed by atoms with Gasteiger partial charge in [0.05, 0.1) is 0 Å². The van der Waals surface area contributed by atoms with Gasteiger partial charge >= 0.3 is 0 Å². The summed E-state index contributed by atoms with van der Waals surface area (Å²) in [6.45, 7) is 6.33. The van der Waals surface area contributed by atoms with Crippen LogP contribution in [0.1, 0.15) is 25.6 Å². The lowest BCUT2D eigenvalue weighted by Crippen LogP contribution is -2.33. The van der Waals surface area contributed by atoms with Gasteiger partial charge < -0.3 is 10.3 Å². The maximum atomic E-state index is 5.38. The van der Waals surface area contributed by atoms with Gasteiger partial charge in [-0.05, 0) is 25.7 Å². The maximum absolute atomic E-state index is 5.38. The third kappa shape index (κ3) is 2.41. The Kier molecular flexibility index (Phi) is 3.24. The summed E-state index contributed by atoms with van der Waals surface area (Å²) in [6.07, 6.45) is 2.46. The van der Waals surface area contributed by atoms with Crippen molar-refractivity contribution in [3.8, 4) is 0 Å². The van der Waals surface area contributed by atoms with Gasteiger partial charge in [0, 0.05) is 19.2 Å². The van der Waals surface area contributed by atoms with Gasteiger partial charge in [-0.1, -0.05) is 6.92 Å². The van der Waals surface area contributed by atoms with Crippen molar-refractivity contribution in [1.82, 2.24) is 9.97 Å². The predicted molar refractivity (Wildman–Crippen MR) is 65.2 cm³/mol. The van der Waals surface area contributed by atoms with E-state index >= 15 is 0 Å². The van der Waals surface area contributed by atoms with E-state index < -0.39 is 0 Å². The van der Waals surface area contributed by atoms with Crippen molar-refractivity contribution in [1.29, 1.82) is 0 Å². The Bertz CT molecular complexity index is 357. The molecule has 0 unspecified atom stereocenters. The Hall–Kier alpha value is -1.36. The van der Waals surface area contributed by atoms with Crippen molar-refractivity contribution < 1.29 is 0 Å². The van der Waals surface area contributed by atoms with Gasteiger partial charge in [0.1, 0.15) is 17.5 Å². The average Bonchev–Trinajstić information content (AvgIpc) is 2.29. The summed E-state index contributed by atoms with van der Waals surface area (Å²) in [4.78, 5) is 10.9. The van der Waals surface area contributed by atoms with Crippen LogP contribution >= 0.6 is 0 Å². The number of aromatic nitrogens is 2. The summed E-state index contributed by atoms with van der Waals surface area (Å²) in [6, 6.07) is 1.91. The molecular weight excluding hydrogens is 202 g/mol. The van der Waals surface area contributed by atoms with Crippen LogP contribution in [-0.4, -0.2) is 23.1 Å². The first-order valence-electron chi connectivity index (χ1n) is 5.76. The number of nitrogens with two attached hydrogens (primary N) is 1. The summed E-state index contributed by atoms with van der Waals surface area (Å²) in [7, 11) is 0. The van der Waals surface area contributed by atoms with Crippen LogP contribution in [0.15, 0.2) is 6.07 Å². The lowest BCUT2D eigenvalue weighted by atomic mass is 9.99. The van der Waals surface area contributed by atoms with E-state index in [1.54, 1.807) is 0 Å². The Morgan fingerprint density at radius 1 is 1.38 bits per heavy atom. The first kappa shape index (κ1) is 11.1. The molecule has 1 aromatic heterocycles. The number of piperidine rings is 1. The van der Waals surface area contributed by atoms with Crippen molar-refractivity contribution in [2.24, 2.45) is 11.8 Å². The molecule has 0 aromatic carbocycles. The zero-order valence-electron chi connectivity index (χ0n) is 9.90. The van der Waals surface area contributed by atoms with Gasteiger partial charge in [-0.2, -0.15) is 0 Å². The van der Waals surface area contributed by atoms with Gasteiger partial charge in [-0.25, -0.2) is 15.8 Å². The highest BCUT2D eigenvalue weighted by molar-refractivity contribution is 5.49. The minimum absolute atomic E-state index is 0.682. The molecule has 0 spiro atoms. The van der Waals surface area contributed by atoms with Crippen LogP contribution in [0.3, 0.4) is 0 Å². The number of rotatable bonds is 2. The highest BCUT2D eigenvalue weighted by Gasteiger charge is 2.17. The largest absolute Gasteiger partial charge is 0.356 e. The van der Waals surface area contributed by atoms with Crippen molar-refractivity contribution in [2.45, 2.75) is 26.7 Å². The van der Waals surface area contributed by atoms with E-state index in [4.69, 9.17) is 5.84 Å². The Morgan fingerprint density at radius 2 is 2.06 bits per heavy atom. The summed E-state index contributed by atoms with van der Waals surface area (Å²) in [5.74, 6) is 8.62. The maximum Gasteiger partial charge on any atom is 0.145 e. The monoisotopic (exact) mass is 221 g/mol. The molecule has 2 heterocycles. The van der Waals surface area contributed by atoms with Gasteiger partial charge in [0.2, 0.25) is 0 Å². The van der Waals surface area contributed by atoms with Crippen molar-refractivity contribution in [2.75, 3.05) is 23.4 Å². The molecule has 3 N–H and O–H groups in total. The van der Waals surface area contributed by atoms with E-state index in [0.29, 0.717) is 5.82 Å². The first-order valence-corrected chi connectivity index (χ1v) is 5.76. The highest BCUT2D eigenvalue weighted by Crippen LogP contribution is 2.22. The Balaban J connectivity index is 2.16. The van der Waals surface area contributed by atoms with Crippen molar-refractivity contribution in [3.05, 3.63) is 11.9 Å². The fraction of sp³-hybridized carbons (Fsp3) is 0.636. The third-order valence-corrected chi connectivity index (χ3v) is 3.08. The second kappa shape index (κ2) is 4.65. The molecule has 1 aliphatic heterocycles. The van der Waals surface area contributed by atoms with Gasteiger partial charge in [0.25, 0.3) is 0 Å². The molecule has 5 heteroatoms. The minimum atomic E-state index is 0.682. The van der Waals surface area contributed by atoms with Gasteiger partial charge in [0.15, 0.2) is 0 Å². The number of hydrazine groups is 1. The molecule has 0 saturated carbocycles. The molecular formula is C11H19N5. The molecule has 0 amide bonds. The molecule has 5 nitrogen and oxygen atoms in total. The Morgan fingerprint density at radius 3 is 2.69 bits per heavy atom. The van der Waals surface area contributed by atoms with Crippen LogP contribution in [0, 0.1) is 12.8 Å². The van der Waals surface area contributed by atoms with Crippen molar-refractivity contribution in [3.63, 3.8) is 0 Å². The lowest BCUT2D eigenvalue weighted by Gasteiger charge is -2.31. The Labute approximate surface area is 96.0 Å². The van der Waals surface area contributed by atoms with Crippen LogP contribution in [0.4, 0.5) is 11.6 Å². The lowest BCUT2D eigenvalue weighted by molar-refractivity contribution is 0.436. The van der Waals surface area contributed by atoms with E-state index in [2.05, 4.69) is 27.2 Å². The average molecular weight is 221 g/mol. The predicted octanol–water partition coefficient (Wildman–Crippen LogP) is 1.31. The summed E-state index contributed by atoms with van der Waals surface area (Å²) in [5, 5.41) is 0. The zero-order valence-corrected chi connectivity index (χ0v) is 9.90. The third-order valence-electron chi connectivity index (χ3n) is 3.08. The normalized spacial score (nSPS) is 17.6. The molecule has 88 valence electrons. The molecule has 0 bridgehead atoms. The summed E-state index contributed by atoms with van der Waals surface area (Å²) in [5.41, 5.74) is 2.58. The van der Waals surface area contributed by atoms with E-state index in [1.165, 1.54) is 12.8 Å². The van der Waals surface area contributed by atoms with E-state index in [-0.39, 0.29) is 0 Å². The van der Waals surface area contributed by atoms with Crippen LogP contribution in [-0.2, 0) is 0 Å². The van der Waals surface area contributed by atoms with Crippen LogP contribution < -0.4 is 16.2 Å². The number of hydrogen-bond acceptors (Lipinski definition) is 5. The van der Waals surface area contributed by atoms with Gasteiger partial charge in [-0.3, -0.25) is 0 Å². The molecule has 2 rings (SSSR count). The number of hydrogen-bond donors (Lipinski definition) is 2. The molecule has 1 saturated heterocycles. The quantitative estimate of drug-likeness (QED) is 0.582. The summed E-state index contributed by atoms with van der Waals surface area (Å²) < 4.78 is 0. The van der Waals surface area contributed by atoms with Crippen molar-refractivity contribution >= 4 is 11.6 Å². The number of nitrogens with zero attached hydrogens (tertiary/aromatic N) is 3. The number of aryl methyl sites for hydroxylation is 1. The molecule has 1 fully saturated rings. The fourth-order valence-corrected chi connectivity index (χ4v) is 2.03. The molecule has 0 aliphatic carbocycles. The first-order chi connectivity index (χ1) is 7.69. The smallest absolute Gasteiger partial charge is 0.145 e. The standard InChI is InChI=1S/C11H19N5/c1-8-3-5-16(6-4-8)11-7-10(15-12)13-9(2)14-11/h7-8H,3-6,12H2,1-2H3,(H,13,14,15). The molecule has 1 aromatic rings. The van der Waals surface area contributed by atoms with Gasteiger partial charge in [-0.15, -0.1) is 0 Å². The fourth-order valence-electron chi connectivity index (χ4n) is 2.03. The topological polar surface area (TPSA) is 67.1 Å². The van der Waals surface area contributed by atoms with E-state index in [1.807, 2.05) is 13.0 Å². The van der Waals surface area contributed by atoms with Crippen LogP contribution in [0.2, 0.25) is 0 Å². The highest BCUT2D eigenvalue weighted by atomic mass is 15.3. The number of nitrogens with one attached hydrogen (secondary N) is 1. The molecule has 0 atom stereocenters. The molecule has 1 aliphatic rings. The van der Waals surface area contributed by atoms with E-state index in [9.17, 15) is 0 Å². The zero-order chi connectivity index (χ0) is 11.5. The summed E-state index contributed by atoms with van der Waals surface area (Å²) >= 11 is 0. The number of anilines is 2. The molecule has 0 radical (unpaired) electrons. The number of nitrogen functional groups attached to an aromatic ring is 1. The molecule has 16 heavy (non-hydrogen) atoms. The van der Waals surface area contributed by atoms with Crippen LogP contribution in [0.5, 0.6) is 0 Å². The minimum Gasteiger partial charge on any atom is -0.356 e. The SMILES string of the molecule is Cc1nc(NN)cc(N2CCC(C)CC2)n1. The van der Waals surface area contributed by atoms with E-state index in [0.717, 1.165) is 30.6 Å². The second-order valence-electron chi connectivity index (χ2n) is 4.47.